The summed E-state index contributed by atoms with van der Waals surface area (Å²) in [6.45, 7) is 0. The Bertz CT molecular complexity index is 1330. The van der Waals surface area contributed by atoms with Gasteiger partial charge in [-0.15, -0.1) is 0 Å². The number of rotatable bonds is 2. The molecule has 0 fully saturated rings. The Balaban J connectivity index is 1.87. The number of nitrogen functional groups attached to an aromatic ring is 1. The molecule has 5 rings (SSSR count). The third-order valence-electron chi connectivity index (χ3n) is 4.57. The fraction of sp³-hybridized carbons (Fsp3) is 0. The summed E-state index contributed by atoms with van der Waals surface area (Å²) < 4.78 is 13.5. The third kappa shape index (κ3) is 2.61. The zero-order valence-electron chi connectivity index (χ0n) is 14.5. The second-order valence-electron chi connectivity index (χ2n) is 6.29. The number of hydrogen-bond acceptors (Lipinski definition) is 6. The lowest BCUT2D eigenvalue weighted by atomic mass is 9.96. The number of pyridine rings is 1. The average Bonchev–Trinajstić information content (AvgIpc) is 2.74. The zero-order chi connectivity index (χ0) is 19.1. The molecule has 2 N–H and O–H groups in total. The Kier molecular flexibility index (Phi) is 3.65. The van der Waals surface area contributed by atoms with Gasteiger partial charge in [-0.25, -0.2) is 14.4 Å². The first-order valence-electron chi connectivity index (χ1n) is 8.59. The average molecular weight is 368 g/mol. The Morgan fingerprint density at radius 3 is 2.36 bits per heavy atom. The normalized spacial score (nSPS) is 11.2. The molecule has 134 valence electrons. The van der Waals surface area contributed by atoms with Gasteiger partial charge < -0.3 is 5.73 Å². The molecule has 28 heavy (non-hydrogen) atoms. The third-order valence-corrected chi connectivity index (χ3v) is 4.57. The van der Waals surface area contributed by atoms with E-state index >= 15 is 0 Å². The molecule has 0 saturated carbocycles. The number of halogens is 1. The van der Waals surface area contributed by atoms with Crippen LogP contribution in [0.3, 0.4) is 0 Å². The second kappa shape index (κ2) is 6.31. The highest BCUT2D eigenvalue weighted by atomic mass is 19.1. The van der Waals surface area contributed by atoms with Crippen molar-refractivity contribution in [1.82, 2.24) is 25.1 Å². The highest BCUT2D eigenvalue weighted by Gasteiger charge is 2.18. The fourth-order valence-electron chi connectivity index (χ4n) is 3.28. The highest BCUT2D eigenvalue weighted by molar-refractivity contribution is 6.04. The lowest BCUT2D eigenvalue weighted by molar-refractivity contribution is 0.628. The van der Waals surface area contributed by atoms with Gasteiger partial charge in [0.25, 0.3) is 0 Å². The number of fused-ring (bicyclic) bond motifs is 2. The van der Waals surface area contributed by atoms with E-state index < -0.39 is 0 Å². The van der Waals surface area contributed by atoms with Crippen molar-refractivity contribution in [1.29, 1.82) is 0 Å². The van der Waals surface area contributed by atoms with Gasteiger partial charge in [0.1, 0.15) is 16.9 Å². The molecule has 0 saturated heterocycles. The number of anilines is 1. The molecule has 7 heteroatoms. The monoisotopic (exact) mass is 368 g/mol. The van der Waals surface area contributed by atoms with E-state index in [0.29, 0.717) is 16.7 Å². The minimum Gasteiger partial charge on any atom is -0.382 e. The van der Waals surface area contributed by atoms with E-state index in [4.69, 9.17) is 5.73 Å². The Morgan fingerprint density at radius 1 is 0.786 bits per heavy atom. The van der Waals surface area contributed by atoms with Gasteiger partial charge in [-0.05, 0) is 48.0 Å². The van der Waals surface area contributed by atoms with Crippen LogP contribution in [-0.4, -0.2) is 25.1 Å². The molecular weight excluding hydrogens is 355 g/mol. The molecule has 0 bridgehead atoms. The molecule has 3 heterocycles. The van der Waals surface area contributed by atoms with Crippen LogP contribution in [0.5, 0.6) is 0 Å². The summed E-state index contributed by atoms with van der Waals surface area (Å²) in [4.78, 5) is 13.4. The number of nitrogens with two attached hydrogens (primary N) is 1. The van der Waals surface area contributed by atoms with Crippen LogP contribution in [0.15, 0.2) is 67.1 Å². The number of aromatic nitrogens is 5. The summed E-state index contributed by atoms with van der Waals surface area (Å²) >= 11 is 0. The van der Waals surface area contributed by atoms with Gasteiger partial charge in [0.2, 0.25) is 0 Å². The molecule has 0 spiro atoms. The van der Waals surface area contributed by atoms with Crippen LogP contribution >= 0.6 is 0 Å². The molecule has 2 aromatic carbocycles. The van der Waals surface area contributed by atoms with Gasteiger partial charge >= 0.3 is 0 Å². The molecule has 0 aliphatic carbocycles. The van der Waals surface area contributed by atoms with Gasteiger partial charge in [-0.2, -0.15) is 10.2 Å². The van der Waals surface area contributed by atoms with Crippen LogP contribution in [-0.2, 0) is 0 Å². The van der Waals surface area contributed by atoms with E-state index in [0.717, 1.165) is 27.6 Å². The SMILES string of the molecule is Nc1nc(-c2ccc(F)cc2)c(-c2ccc3nnccc3c2)c2nccnc12. The summed E-state index contributed by atoms with van der Waals surface area (Å²) in [6.07, 6.45) is 4.84. The summed E-state index contributed by atoms with van der Waals surface area (Å²) in [7, 11) is 0. The van der Waals surface area contributed by atoms with Gasteiger partial charge in [0.05, 0.1) is 17.4 Å². The molecule has 0 radical (unpaired) electrons. The molecular formula is C21H13FN6. The van der Waals surface area contributed by atoms with Crippen LogP contribution < -0.4 is 5.73 Å². The lowest BCUT2D eigenvalue weighted by Gasteiger charge is -2.14. The lowest BCUT2D eigenvalue weighted by Crippen LogP contribution is -2.01. The topological polar surface area (TPSA) is 90.5 Å². The molecule has 0 aliphatic heterocycles. The van der Waals surface area contributed by atoms with Crippen molar-refractivity contribution < 1.29 is 4.39 Å². The first-order valence-corrected chi connectivity index (χ1v) is 8.59. The van der Waals surface area contributed by atoms with Crippen LogP contribution in [0.25, 0.3) is 44.3 Å². The maximum Gasteiger partial charge on any atom is 0.152 e. The van der Waals surface area contributed by atoms with Crippen LogP contribution in [0.1, 0.15) is 0 Å². The fourth-order valence-corrected chi connectivity index (χ4v) is 3.28. The molecule has 3 aromatic heterocycles. The summed E-state index contributed by atoms with van der Waals surface area (Å²) in [6, 6.07) is 13.9. The van der Waals surface area contributed by atoms with E-state index in [9.17, 15) is 4.39 Å². The van der Waals surface area contributed by atoms with Crippen molar-refractivity contribution in [3.05, 3.63) is 72.9 Å². The van der Waals surface area contributed by atoms with Crippen molar-refractivity contribution in [3.8, 4) is 22.4 Å². The van der Waals surface area contributed by atoms with E-state index in [1.165, 1.54) is 12.1 Å². The quantitative estimate of drug-likeness (QED) is 0.506. The molecule has 0 aliphatic rings. The van der Waals surface area contributed by atoms with Crippen molar-refractivity contribution in [3.63, 3.8) is 0 Å². The zero-order valence-corrected chi connectivity index (χ0v) is 14.5. The predicted molar refractivity (Wildman–Crippen MR) is 106 cm³/mol. The highest BCUT2D eigenvalue weighted by Crippen LogP contribution is 2.37. The maximum absolute atomic E-state index is 13.5. The van der Waals surface area contributed by atoms with E-state index in [2.05, 4.69) is 25.1 Å². The number of hydrogen-bond donors (Lipinski definition) is 1. The van der Waals surface area contributed by atoms with Crippen molar-refractivity contribution in [2.75, 3.05) is 5.73 Å². The van der Waals surface area contributed by atoms with Gasteiger partial charge in [-0.1, -0.05) is 6.07 Å². The van der Waals surface area contributed by atoms with Gasteiger partial charge in [0, 0.05) is 28.9 Å². The van der Waals surface area contributed by atoms with Gasteiger partial charge in [0.15, 0.2) is 5.82 Å². The summed E-state index contributed by atoms with van der Waals surface area (Å²) in [5, 5.41) is 8.98. The first-order chi connectivity index (χ1) is 13.7. The van der Waals surface area contributed by atoms with Crippen molar-refractivity contribution in [2.45, 2.75) is 0 Å². The standard InChI is InChI=1S/C21H13FN6/c22-15-4-1-12(2-5-15)18-17(19-20(21(23)27-18)25-10-9-24-19)14-3-6-16-13(11-14)7-8-26-28-16/h1-11H,(H2,23,27). The Labute approximate surface area is 158 Å². The van der Waals surface area contributed by atoms with Gasteiger partial charge in [-0.3, -0.25) is 4.98 Å². The largest absolute Gasteiger partial charge is 0.382 e. The molecule has 0 unspecified atom stereocenters. The smallest absolute Gasteiger partial charge is 0.152 e. The molecule has 0 amide bonds. The predicted octanol–water partition coefficient (Wildman–Crippen LogP) is 4.02. The minimum absolute atomic E-state index is 0.276. The first kappa shape index (κ1) is 16.2. The maximum atomic E-state index is 13.5. The number of benzene rings is 2. The van der Waals surface area contributed by atoms with Crippen molar-refractivity contribution >= 4 is 27.8 Å². The molecule has 5 aromatic rings. The van der Waals surface area contributed by atoms with Crippen LogP contribution in [0.4, 0.5) is 10.2 Å². The van der Waals surface area contributed by atoms with Crippen LogP contribution in [0, 0.1) is 5.82 Å². The van der Waals surface area contributed by atoms with E-state index in [1.807, 2.05) is 24.3 Å². The van der Waals surface area contributed by atoms with Crippen LogP contribution in [0.2, 0.25) is 0 Å². The van der Waals surface area contributed by atoms with E-state index in [-0.39, 0.29) is 11.6 Å². The Morgan fingerprint density at radius 2 is 1.54 bits per heavy atom. The summed E-state index contributed by atoms with van der Waals surface area (Å²) in [5.74, 6) is -0.0408. The number of nitrogens with zero attached hydrogens (tertiary/aromatic N) is 5. The minimum atomic E-state index is -0.317. The summed E-state index contributed by atoms with van der Waals surface area (Å²) in [5.41, 5.74) is 11.1. The second-order valence-corrected chi connectivity index (χ2v) is 6.29. The molecule has 6 nitrogen and oxygen atoms in total. The molecule has 0 atom stereocenters. The van der Waals surface area contributed by atoms with E-state index in [1.54, 1.807) is 30.7 Å². The van der Waals surface area contributed by atoms with Crippen molar-refractivity contribution in [2.24, 2.45) is 0 Å². The Hall–Kier alpha value is -4.00.